The lowest BCUT2D eigenvalue weighted by molar-refractivity contribution is -0.275. The lowest BCUT2D eigenvalue weighted by atomic mass is 10.1. The van der Waals surface area contributed by atoms with Crippen molar-refractivity contribution < 1.29 is 112 Å². The summed E-state index contributed by atoms with van der Waals surface area (Å²) in [6, 6.07) is 6.78. The minimum Gasteiger partial charge on any atom is -0.480 e. The SMILES string of the molecule is CC[C@H](NC(=O)CC[C@H](NC(=O)CN1CCN(CCOOC)CCN(CCOOC)CCN(CCOOC)CC1)C(=O)N[C@@H](CS(=O)(=O)O)C(=O)NCCn1cc(C(=O)NCC(NS(=O)(=O)c2c(C)cc(C)cc2C)C(=O)O)c(=O)c2ccc(CNc3ncc[nH]3)cc21)C(=O)NCCCn1cc(C(=O)NCC(NS(=O)(=O)c2c(C)cc(C)cc2C)C(=O)O)c(=O)c2ccc(CNc3ncc[nH]3)cc21. The van der Waals surface area contributed by atoms with Gasteiger partial charge in [-0.15, -0.1) is 0 Å². The average Bonchev–Trinajstić information content (AvgIpc) is 0.890. The maximum absolute atomic E-state index is 15.1. The lowest BCUT2D eigenvalue weighted by Gasteiger charge is -2.34. The number of carbonyl (C=O) groups is 9. The third-order valence-electron chi connectivity index (χ3n) is 22.6. The zero-order chi connectivity index (χ0) is 101. The number of nitrogens with one attached hydrogen (secondary N) is 13. The standard InChI is InChI=1S/C88H123N21O26S3/c1-11-67(82(116)89-19-12-25-108-51-65(76(112)63-15-13-61(45-72(63)108)47-97-87-91-20-21-92-87)80(114)95-49-69(85(119)120)102-137(126,127)78-57(4)41-55(2)42-58(78)5)99-74(110)18-17-68(100-75(111)53-107-33-31-105(36-39-134-131-9)29-27-104(35-38-133-130-8)28-30-106(32-34-107)37-40-135-132-10)84(118)101-71(54-136(123,124)125)83(117)90-24-26-109-52-66(77(113)64-16-14-62(46-73(64)109)48-98-88-93-22-23-94-88)81(115)96-50-70(86(121)122)103-138(128,129)79-59(6)43-56(3)44-60(79)7/h13-16,20-23,41-46,51-52,67-71,102-103H,11-12,17-19,24-40,47-50,53-54H2,1-10H3,(H,89,116)(H,90,117)(H,95,114)(H,96,115)(H,99,110)(H,100,111)(H,101,118)(H,119,120)(H,121,122)(H2,91,92,97)(H2,93,94,98)(H,123,124,125)/t67-,68-,69?,70?,71-/m0/s1. The highest BCUT2D eigenvalue weighted by Crippen LogP contribution is 2.26. The van der Waals surface area contributed by atoms with E-state index in [0.29, 0.717) is 110 Å². The van der Waals surface area contributed by atoms with Crippen LogP contribution in [0.25, 0.3) is 21.8 Å². The largest absolute Gasteiger partial charge is 0.480 e. The number of carboxylic acids is 2. The van der Waals surface area contributed by atoms with Crippen LogP contribution in [-0.4, -0.2) is 324 Å². The molecular weight excluding hydrogens is 1860 g/mol. The van der Waals surface area contributed by atoms with E-state index in [1.807, 2.05) is 4.90 Å². The van der Waals surface area contributed by atoms with Crippen LogP contribution in [0.4, 0.5) is 11.9 Å². The molecule has 1 aliphatic rings. The van der Waals surface area contributed by atoms with Gasteiger partial charge in [0.1, 0.15) is 47.1 Å². The number of sulfonamides is 2. The first kappa shape index (κ1) is 110. The highest BCUT2D eigenvalue weighted by molar-refractivity contribution is 7.90. The minimum absolute atomic E-state index is 0.0127. The molecular formula is C88H123N21O26S3. The number of rotatable bonds is 53. The zero-order valence-electron chi connectivity index (χ0n) is 78.5. The molecule has 138 heavy (non-hydrogen) atoms. The molecule has 9 rings (SSSR count). The summed E-state index contributed by atoms with van der Waals surface area (Å²) in [6.07, 6.45) is 7.48. The number of H-pyrrole nitrogens is 2. The van der Waals surface area contributed by atoms with Crippen LogP contribution in [0, 0.1) is 41.5 Å². The van der Waals surface area contributed by atoms with Gasteiger partial charge in [-0.25, -0.2) is 56.1 Å². The average molecular weight is 1990 g/mol. The fourth-order valence-corrected chi connectivity index (χ4v) is 19.9. The summed E-state index contributed by atoms with van der Waals surface area (Å²) in [5.74, 6) is -10.9. The Kier molecular flexibility index (Phi) is 41.7. The molecule has 47 nitrogen and oxygen atoms in total. The number of fused-ring (bicyclic) bond motifs is 2. The van der Waals surface area contributed by atoms with E-state index in [9.17, 15) is 88.0 Å². The molecule has 7 amide bonds. The molecule has 50 heteroatoms. The van der Waals surface area contributed by atoms with Crippen molar-refractivity contribution in [3.05, 3.63) is 174 Å². The van der Waals surface area contributed by atoms with Crippen LogP contribution in [0.2, 0.25) is 0 Å². The molecule has 1 saturated heterocycles. The summed E-state index contributed by atoms with van der Waals surface area (Å²) in [7, 11) is -10.1. The number of aromatic amines is 2. The van der Waals surface area contributed by atoms with Crippen LogP contribution < -0.4 is 68.2 Å². The van der Waals surface area contributed by atoms with Crippen LogP contribution in [0.1, 0.15) is 97.8 Å². The van der Waals surface area contributed by atoms with Gasteiger partial charge in [0.2, 0.25) is 60.4 Å². The lowest BCUT2D eigenvalue weighted by Crippen LogP contribution is -2.57. The monoisotopic (exact) mass is 1990 g/mol. The number of hydrogen-bond acceptors (Lipinski definition) is 31. The second-order valence-electron chi connectivity index (χ2n) is 33.0. The van der Waals surface area contributed by atoms with Gasteiger partial charge >= 0.3 is 11.9 Å². The quantitative estimate of drug-likeness (QED) is 0.0103. The predicted molar refractivity (Wildman–Crippen MR) is 505 cm³/mol. The van der Waals surface area contributed by atoms with Crippen molar-refractivity contribution in [1.82, 2.24) is 95.3 Å². The minimum atomic E-state index is -5.21. The number of pyridine rings is 2. The number of imidazole rings is 2. The van der Waals surface area contributed by atoms with Gasteiger partial charge < -0.3 is 77.2 Å². The van der Waals surface area contributed by atoms with Crippen LogP contribution in [0.3, 0.4) is 0 Å². The van der Waals surface area contributed by atoms with Gasteiger partial charge in [0, 0.05) is 179 Å². The third-order valence-corrected chi connectivity index (χ3v) is 26.9. The Morgan fingerprint density at radius 1 is 0.478 bits per heavy atom. The normalized spacial score (nSPS) is 14.6. The van der Waals surface area contributed by atoms with Gasteiger partial charge in [-0.3, -0.25) is 76.9 Å². The van der Waals surface area contributed by atoms with Crippen LogP contribution in [-0.2, 0) is 119 Å². The second-order valence-corrected chi connectivity index (χ2v) is 37.8. The van der Waals surface area contributed by atoms with Gasteiger partial charge in [-0.2, -0.15) is 17.9 Å². The van der Waals surface area contributed by atoms with Crippen molar-refractivity contribution >= 4 is 117 Å². The Morgan fingerprint density at radius 2 is 0.884 bits per heavy atom. The van der Waals surface area contributed by atoms with Crippen molar-refractivity contribution in [2.45, 2.75) is 140 Å². The number of aryl methyl sites for hydroxylation is 7. The van der Waals surface area contributed by atoms with Crippen molar-refractivity contribution in [3.8, 4) is 0 Å². The number of carbonyl (C=O) groups excluding carboxylic acids is 7. The van der Waals surface area contributed by atoms with E-state index in [-0.39, 0.29) is 105 Å². The first-order valence-electron chi connectivity index (χ1n) is 44.5. The number of aromatic nitrogens is 6. The first-order valence-corrected chi connectivity index (χ1v) is 49.0. The molecule has 16 N–H and O–H groups in total. The Hall–Kier alpha value is -12.1. The number of amides is 7. The molecule has 0 radical (unpaired) electrons. The molecule has 8 aromatic rings. The highest BCUT2D eigenvalue weighted by atomic mass is 32.2. The molecule has 754 valence electrons. The van der Waals surface area contributed by atoms with Gasteiger partial charge in [0.25, 0.3) is 21.9 Å². The molecule has 5 heterocycles. The first-order chi connectivity index (χ1) is 65.7. The Morgan fingerprint density at radius 3 is 1.28 bits per heavy atom. The number of aliphatic carboxylic acids is 2. The maximum atomic E-state index is 15.1. The number of hydrogen-bond donors (Lipinski definition) is 16. The third kappa shape index (κ3) is 33.1. The predicted octanol–water partition coefficient (Wildman–Crippen LogP) is -0.0290. The van der Waals surface area contributed by atoms with E-state index < -0.39 is 180 Å². The summed E-state index contributed by atoms with van der Waals surface area (Å²) in [4.78, 5) is 208. The highest BCUT2D eigenvalue weighted by Gasteiger charge is 2.35. The van der Waals surface area contributed by atoms with Gasteiger partial charge in [-0.05, 0) is 118 Å². The van der Waals surface area contributed by atoms with Gasteiger partial charge in [-0.1, -0.05) is 54.4 Å². The van der Waals surface area contributed by atoms with Crippen LogP contribution in [0.15, 0.2) is 117 Å². The maximum Gasteiger partial charge on any atom is 0.323 e. The molecule has 0 spiro atoms. The number of carboxylic acid groups (broad SMARTS) is 2. The second kappa shape index (κ2) is 52.6. The van der Waals surface area contributed by atoms with Crippen LogP contribution >= 0.6 is 0 Å². The Balaban J connectivity index is 0.946. The summed E-state index contributed by atoms with van der Waals surface area (Å²) in [6.45, 7) is 14.0. The van der Waals surface area contributed by atoms with Crippen molar-refractivity contribution in [3.63, 3.8) is 0 Å². The molecule has 0 saturated carbocycles. The van der Waals surface area contributed by atoms with Gasteiger partial charge in [0.05, 0.1) is 68.5 Å². The van der Waals surface area contributed by atoms with E-state index >= 15 is 4.79 Å². The van der Waals surface area contributed by atoms with Crippen molar-refractivity contribution in [2.75, 3.05) is 162 Å². The molecule has 1 fully saturated rings. The summed E-state index contributed by atoms with van der Waals surface area (Å²) >= 11 is 0. The summed E-state index contributed by atoms with van der Waals surface area (Å²) in [5, 5.41) is 44.5. The molecule has 0 bridgehead atoms. The number of benzene rings is 4. The van der Waals surface area contributed by atoms with Crippen LogP contribution in [0.5, 0.6) is 0 Å². The van der Waals surface area contributed by atoms with Gasteiger partial charge in [0.15, 0.2) is 11.9 Å². The molecule has 2 unspecified atom stereocenters. The van der Waals surface area contributed by atoms with Crippen molar-refractivity contribution in [2.24, 2.45) is 0 Å². The van der Waals surface area contributed by atoms with E-state index in [0.717, 1.165) is 17.3 Å². The molecule has 1 aliphatic heterocycles. The zero-order valence-corrected chi connectivity index (χ0v) is 80.9. The summed E-state index contributed by atoms with van der Waals surface area (Å²) < 4.78 is 98.6. The molecule has 5 atom stereocenters. The van der Waals surface area contributed by atoms with Crippen molar-refractivity contribution in [1.29, 1.82) is 0 Å². The Labute approximate surface area is 797 Å². The van der Waals surface area contributed by atoms with E-state index in [1.165, 1.54) is 64.3 Å². The fraction of sp³-hybridized carbons (Fsp3) is 0.489. The van der Waals surface area contributed by atoms with E-state index in [1.54, 1.807) is 106 Å². The Bertz CT molecular complexity index is 5980. The molecule has 0 aliphatic carbocycles. The molecule has 4 aromatic heterocycles. The number of nitrogens with zero attached hydrogens (tertiary/aromatic N) is 8. The molecule has 4 aromatic carbocycles. The smallest absolute Gasteiger partial charge is 0.323 e. The fourth-order valence-electron chi connectivity index (χ4n) is 15.9. The van der Waals surface area contributed by atoms with E-state index in [2.05, 4.69) is 91.9 Å². The van der Waals surface area contributed by atoms with E-state index in [4.69, 9.17) is 29.3 Å². The number of anilines is 2. The topological polar surface area (TPSA) is 619 Å². The summed E-state index contributed by atoms with van der Waals surface area (Å²) in [5.41, 5.74) is 1.99.